The monoisotopic (exact) mass is 472 g/mol. The molecule has 1 aromatic heterocycles. The van der Waals surface area contributed by atoms with Gasteiger partial charge in [-0.25, -0.2) is 13.4 Å². The summed E-state index contributed by atoms with van der Waals surface area (Å²) in [5.41, 5.74) is 0.893. The number of nitrogens with zero attached hydrogens (tertiary/aromatic N) is 2. The maximum atomic E-state index is 13.8. The Bertz CT molecular complexity index is 1110. The maximum Gasteiger partial charge on any atom is 0.231 e. The number of sulfone groups is 1. The van der Waals surface area contributed by atoms with Crippen molar-refractivity contribution in [3.63, 3.8) is 0 Å². The summed E-state index contributed by atoms with van der Waals surface area (Å²) in [4.78, 5) is 19.6. The highest BCUT2D eigenvalue weighted by Gasteiger charge is 2.67. The van der Waals surface area contributed by atoms with Crippen molar-refractivity contribution in [3.05, 3.63) is 53.2 Å². The van der Waals surface area contributed by atoms with Gasteiger partial charge in [-0.3, -0.25) is 9.69 Å². The van der Waals surface area contributed by atoms with Gasteiger partial charge in [-0.1, -0.05) is 30.5 Å². The van der Waals surface area contributed by atoms with Crippen molar-refractivity contribution in [2.45, 2.75) is 67.9 Å². The lowest BCUT2D eigenvalue weighted by molar-refractivity contribution is -0.122. The molecular weight excluding hydrogens is 444 g/mol. The molecule has 0 aliphatic heterocycles. The number of carbonyl (C=O) groups is 1. The first kappa shape index (κ1) is 21.9. The maximum absolute atomic E-state index is 13.8. The Labute approximate surface area is 195 Å². The molecule has 1 heterocycles. The minimum Gasteiger partial charge on any atom is -0.297 e. The molecule has 0 saturated heterocycles. The first-order valence-corrected chi connectivity index (χ1v) is 13.4. The van der Waals surface area contributed by atoms with E-state index in [0.717, 1.165) is 44.1 Å². The van der Waals surface area contributed by atoms with Crippen LogP contribution in [-0.2, 0) is 19.4 Å². The molecule has 0 unspecified atom stereocenters. The van der Waals surface area contributed by atoms with E-state index in [0.29, 0.717) is 35.1 Å². The summed E-state index contributed by atoms with van der Waals surface area (Å²) < 4.78 is 26.6. The molecule has 170 valence electrons. The van der Waals surface area contributed by atoms with Crippen LogP contribution in [0.1, 0.15) is 63.9 Å². The molecule has 3 fully saturated rings. The summed E-state index contributed by atoms with van der Waals surface area (Å²) in [5, 5.41) is 0.517. The SMILES string of the molecule is CCN(C(=O)C1CCCC1)c1ccc(C2(S(=O)(=O)c3ccc(Cl)cc3)CC3(CC3)C2)cn1. The van der Waals surface area contributed by atoms with Crippen LogP contribution in [0.25, 0.3) is 0 Å². The molecule has 0 radical (unpaired) electrons. The summed E-state index contributed by atoms with van der Waals surface area (Å²) >= 11 is 5.99. The van der Waals surface area contributed by atoms with E-state index in [4.69, 9.17) is 11.6 Å². The van der Waals surface area contributed by atoms with E-state index < -0.39 is 14.6 Å². The van der Waals surface area contributed by atoms with Crippen LogP contribution in [0.3, 0.4) is 0 Å². The molecule has 0 N–H and O–H groups in total. The van der Waals surface area contributed by atoms with E-state index in [9.17, 15) is 13.2 Å². The number of rotatable bonds is 6. The van der Waals surface area contributed by atoms with Gasteiger partial charge in [0.25, 0.3) is 0 Å². The van der Waals surface area contributed by atoms with Crippen molar-refractivity contribution in [2.24, 2.45) is 11.3 Å². The van der Waals surface area contributed by atoms with Gasteiger partial charge in [-0.15, -0.1) is 0 Å². The Morgan fingerprint density at radius 2 is 1.75 bits per heavy atom. The average Bonchev–Trinajstić information content (AvgIpc) is 3.37. The molecule has 1 spiro atoms. The van der Waals surface area contributed by atoms with Gasteiger partial charge in [0.15, 0.2) is 9.84 Å². The molecule has 3 aliphatic rings. The minimum atomic E-state index is -3.61. The molecule has 5 nitrogen and oxygen atoms in total. The summed E-state index contributed by atoms with van der Waals surface area (Å²) in [7, 11) is -3.61. The lowest BCUT2D eigenvalue weighted by atomic mass is 9.68. The number of hydrogen-bond donors (Lipinski definition) is 0. The van der Waals surface area contributed by atoms with Crippen LogP contribution >= 0.6 is 11.6 Å². The van der Waals surface area contributed by atoms with Gasteiger partial charge >= 0.3 is 0 Å². The van der Waals surface area contributed by atoms with Crippen molar-refractivity contribution >= 4 is 33.2 Å². The van der Waals surface area contributed by atoms with Gasteiger partial charge in [-0.05, 0) is 86.8 Å². The predicted molar refractivity (Wildman–Crippen MR) is 125 cm³/mol. The van der Waals surface area contributed by atoms with Gasteiger partial charge < -0.3 is 0 Å². The third-order valence-electron chi connectivity index (χ3n) is 7.75. The van der Waals surface area contributed by atoms with E-state index in [1.807, 2.05) is 19.1 Å². The van der Waals surface area contributed by atoms with E-state index >= 15 is 0 Å². The van der Waals surface area contributed by atoms with Gasteiger partial charge in [0.05, 0.1) is 4.90 Å². The Hall–Kier alpha value is -1.92. The highest BCUT2D eigenvalue weighted by molar-refractivity contribution is 7.92. The average molecular weight is 473 g/mol. The number of carbonyl (C=O) groups excluding carboxylic acids is 1. The molecule has 5 rings (SSSR count). The number of hydrogen-bond acceptors (Lipinski definition) is 4. The van der Waals surface area contributed by atoms with Crippen LogP contribution in [0.15, 0.2) is 47.5 Å². The van der Waals surface area contributed by atoms with Crippen LogP contribution in [0, 0.1) is 11.3 Å². The third kappa shape index (κ3) is 3.47. The summed E-state index contributed by atoms with van der Waals surface area (Å²) in [6.07, 6.45) is 9.22. The van der Waals surface area contributed by atoms with Crippen LogP contribution in [0.4, 0.5) is 5.82 Å². The molecular formula is C25H29ClN2O3S. The van der Waals surface area contributed by atoms with Crippen molar-refractivity contribution in [1.82, 2.24) is 4.98 Å². The molecule has 0 atom stereocenters. The summed E-state index contributed by atoms with van der Waals surface area (Å²) in [5.74, 6) is 0.816. The van der Waals surface area contributed by atoms with E-state index in [1.165, 1.54) is 0 Å². The summed E-state index contributed by atoms with van der Waals surface area (Å²) in [6.45, 7) is 2.51. The first-order chi connectivity index (χ1) is 15.3. The normalized spacial score (nSPS) is 21.3. The molecule has 7 heteroatoms. The van der Waals surface area contributed by atoms with Gasteiger partial charge in [-0.2, -0.15) is 0 Å². The molecule has 32 heavy (non-hydrogen) atoms. The molecule has 3 aliphatic carbocycles. The van der Waals surface area contributed by atoms with E-state index in [-0.39, 0.29) is 17.2 Å². The van der Waals surface area contributed by atoms with E-state index in [2.05, 4.69) is 4.98 Å². The molecule has 0 bridgehead atoms. The molecule has 1 aromatic carbocycles. The Balaban J connectivity index is 1.47. The number of amides is 1. The van der Waals surface area contributed by atoms with Crippen molar-refractivity contribution < 1.29 is 13.2 Å². The zero-order valence-corrected chi connectivity index (χ0v) is 20.0. The fourth-order valence-electron chi connectivity index (χ4n) is 5.72. The minimum absolute atomic E-state index is 0.0782. The number of benzene rings is 1. The standard InChI is InChI=1S/C25H29ClN2O3S/c1-2-28(23(29)18-5-3-4-6-18)22-12-7-19(15-27-22)25(16-24(17-25)13-14-24)32(30,31)21-10-8-20(26)9-11-21/h7-12,15,18H,2-6,13-14,16-17H2,1H3. The smallest absolute Gasteiger partial charge is 0.231 e. The second-order valence-electron chi connectivity index (χ2n) is 9.77. The van der Waals surface area contributed by atoms with Crippen molar-refractivity contribution in [1.29, 1.82) is 0 Å². The zero-order valence-electron chi connectivity index (χ0n) is 18.4. The van der Waals surface area contributed by atoms with Crippen LogP contribution < -0.4 is 4.90 Å². The second kappa shape index (κ2) is 7.84. The largest absolute Gasteiger partial charge is 0.297 e. The van der Waals surface area contributed by atoms with Crippen molar-refractivity contribution in [3.8, 4) is 0 Å². The topological polar surface area (TPSA) is 67.3 Å². The van der Waals surface area contributed by atoms with Crippen molar-refractivity contribution in [2.75, 3.05) is 11.4 Å². The first-order valence-electron chi connectivity index (χ1n) is 11.6. The third-order valence-corrected chi connectivity index (χ3v) is 10.5. The predicted octanol–water partition coefficient (Wildman–Crippen LogP) is 5.52. The Morgan fingerprint density at radius 1 is 1.09 bits per heavy atom. The Kier molecular flexibility index (Phi) is 5.37. The lowest BCUT2D eigenvalue weighted by Gasteiger charge is -2.48. The van der Waals surface area contributed by atoms with Crippen LogP contribution in [0.5, 0.6) is 0 Å². The molecule has 1 amide bonds. The fraction of sp³-hybridized carbons (Fsp3) is 0.520. The second-order valence-corrected chi connectivity index (χ2v) is 12.5. The number of anilines is 1. The quantitative estimate of drug-likeness (QED) is 0.555. The summed E-state index contributed by atoms with van der Waals surface area (Å²) in [6, 6.07) is 10.1. The van der Waals surface area contributed by atoms with Gasteiger partial charge in [0.2, 0.25) is 5.91 Å². The highest BCUT2D eigenvalue weighted by atomic mass is 35.5. The lowest BCUT2D eigenvalue weighted by Crippen LogP contribution is -2.49. The zero-order chi connectivity index (χ0) is 22.6. The number of halogens is 1. The molecule has 2 aromatic rings. The Morgan fingerprint density at radius 3 is 2.28 bits per heavy atom. The highest BCUT2D eigenvalue weighted by Crippen LogP contribution is 2.71. The van der Waals surface area contributed by atoms with E-state index in [1.54, 1.807) is 35.4 Å². The van der Waals surface area contributed by atoms with Gasteiger partial charge in [0.1, 0.15) is 10.6 Å². The fourth-order valence-corrected chi connectivity index (χ4v) is 8.21. The number of aromatic nitrogens is 1. The number of pyridine rings is 1. The van der Waals surface area contributed by atoms with Crippen LogP contribution in [0.2, 0.25) is 5.02 Å². The van der Waals surface area contributed by atoms with Gasteiger partial charge in [0, 0.05) is 23.7 Å². The molecule has 3 saturated carbocycles. The van der Waals surface area contributed by atoms with Crippen LogP contribution in [-0.4, -0.2) is 25.9 Å².